The zero-order valence-electron chi connectivity index (χ0n) is 19.5. The Labute approximate surface area is 204 Å². The lowest BCUT2D eigenvalue weighted by Gasteiger charge is -2.16. The van der Waals surface area contributed by atoms with Gasteiger partial charge in [-0.2, -0.15) is 0 Å². The fourth-order valence-corrected chi connectivity index (χ4v) is 3.30. The maximum absolute atomic E-state index is 12.3. The molecule has 0 aliphatic rings. The number of nitrogens with zero attached hydrogens (tertiary/aromatic N) is 2. The van der Waals surface area contributed by atoms with Crippen LogP contribution >= 0.6 is 11.6 Å². The van der Waals surface area contributed by atoms with E-state index in [0.717, 1.165) is 16.7 Å². The molecular formula is C25H29ClN6O2. The number of aromatic nitrogens is 2. The first-order valence-electron chi connectivity index (χ1n) is 11.0. The number of hydrogen-bond donors (Lipinski definition) is 4. The van der Waals surface area contributed by atoms with Gasteiger partial charge in [-0.3, -0.25) is 9.59 Å². The third kappa shape index (κ3) is 7.18. The maximum Gasteiger partial charge on any atom is 0.251 e. The molecule has 4 N–H and O–H groups in total. The van der Waals surface area contributed by atoms with E-state index in [4.69, 9.17) is 11.6 Å². The smallest absolute Gasteiger partial charge is 0.251 e. The van der Waals surface area contributed by atoms with Gasteiger partial charge in [-0.15, -0.1) is 0 Å². The fourth-order valence-electron chi connectivity index (χ4n) is 3.17. The van der Waals surface area contributed by atoms with Crippen LogP contribution < -0.4 is 21.3 Å². The van der Waals surface area contributed by atoms with Crippen LogP contribution in [0.25, 0.3) is 11.4 Å². The number of benzene rings is 2. The molecule has 0 spiro atoms. The summed E-state index contributed by atoms with van der Waals surface area (Å²) < 4.78 is 0. The van der Waals surface area contributed by atoms with Crippen molar-refractivity contribution in [3.8, 4) is 11.4 Å². The van der Waals surface area contributed by atoms with E-state index in [2.05, 4.69) is 31.2 Å². The van der Waals surface area contributed by atoms with Gasteiger partial charge in [0, 0.05) is 54.8 Å². The zero-order chi connectivity index (χ0) is 24.5. The summed E-state index contributed by atoms with van der Waals surface area (Å²) in [5, 5.41) is 12.9. The number of halogens is 1. The molecule has 0 bridgehead atoms. The Hall–Kier alpha value is -3.65. The van der Waals surface area contributed by atoms with Gasteiger partial charge in [-0.1, -0.05) is 29.3 Å². The Morgan fingerprint density at radius 3 is 1.91 bits per heavy atom. The summed E-state index contributed by atoms with van der Waals surface area (Å²) in [6, 6.07) is 14.7. The summed E-state index contributed by atoms with van der Waals surface area (Å²) in [4.78, 5) is 32.8. The molecule has 3 aromatic rings. The van der Waals surface area contributed by atoms with E-state index in [-0.39, 0.29) is 11.8 Å². The summed E-state index contributed by atoms with van der Waals surface area (Å²) in [5.41, 5.74) is 3.39. The van der Waals surface area contributed by atoms with E-state index < -0.39 is 0 Å². The molecule has 0 unspecified atom stereocenters. The highest BCUT2D eigenvalue weighted by molar-refractivity contribution is 6.30. The van der Waals surface area contributed by atoms with Gasteiger partial charge in [-0.25, -0.2) is 9.97 Å². The molecule has 0 saturated heterocycles. The minimum absolute atomic E-state index is 0.0851. The van der Waals surface area contributed by atoms with Crippen LogP contribution in [0.4, 0.5) is 11.6 Å². The highest BCUT2D eigenvalue weighted by Gasteiger charge is 2.13. The normalized spacial score (nSPS) is 10.5. The van der Waals surface area contributed by atoms with Crippen molar-refractivity contribution < 1.29 is 9.59 Å². The third-order valence-corrected chi connectivity index (χ3v) is 5.31. The van der Waals surface area contributed by atoms with Crippen molar-refractivity contribution in [2.75, 3.05) is 36.8 Å². The minimum atomic E-state index is -0.122. The molecule has 2 amide bonds. The number of rotatable bonds is 10. The van der Waals surface area contributed by atoms with Gasteiger partial charge in [0.2, 0.25) is 5.91 Å². The summed E-state index contributed by atoms with van der Waals surface area (Å²) in [6.07, 6.45) is 0. The van der Waals surface area contributed by atoms with Crippen LogP contribution in [0.5, 0.6) is 0 Å². The largest absolute Gasteiger partial charge is 0.368 e. The Kier molecular flexibility index (Phi) is 8.81. The number of hydrogen-bond acceptors (Lipinski definition) is 6. The lowest BCUT2D eigenvalue weighted by Crippen LogP contribution is -2.29. The van der Waals surface area contributed by atoms with Crippen molar-refractivity contribution >= 4 is 35.1 Å². The number of carbonyl (C=O) groups is 2. The molecule has 0 atom stereocenters. The topological polar surface area (TPSA) is 108 Å². The predicted octanol–water partition coefficient (Wildman–Crippen LogP) is 3.80. The monoisotopic (exact) mass is 480 g/mol. The van der Waals surface area contributed by atoms with Crippen LogP contribution in [0.15, 0.2) is 48.5 Å². The third-order valence-electron chi connectivity index (χ3n) is 5.06. The molecule has 0 saturated carbocycles. The Morgan fingerprint density at radius 2 is 1.35 bits per heavy atom. The Bertz CT molecular complexity index is 1130. The van der Waals surface area contributed by atoms with Gasteiger partial charge < -0.3 is 21.3 Å². The van der Waals surface area contributed by atoms with Crippen molar-refractivity contribution in [1.82, 2.24) is 20.6 Å². The SMILES string of the molecule is CC(=O)NCCNc1nc(-c2ccc(Cl)cc2)nc(NCCNC(=O)c2ccc(C)cc2)c1C. The second kappa shape index (κ2) is 12.0. The first kappa shape index (κ1) is 25.0. The quantitative estimate of drug-likeness (QED) is 0.329. The van der Waals surface area contributed by atoms with Crippen molar-refractivity contribution in [2.45, 2.75) is 20.8 Å². The Balaban J connectivity index is 1.69. The molecule has 0 radical (unpaired) electrons. The molecule has 9 heteroatoms. The predicted molar refractivity (Wildman–Crippen MR) is 136 cm³/mol. The average Bonchev–Trinajstić information content (AvgIpc) is 2.82. The first-order chi connectivity index (χ1) is 16.3. The molecule has 3 rings (SSSR count). The first-order valence-corrected chi connectivity index (χ1v) is 11.4. The lowest BCUT2D eigenvalue weighted by atomic mass is 10.1. The number of anilines is 2. The molecule has 0 aliphatic heterocycles. The summed E-state index contributed by atoms with van der Waals surface area (Å²) in [6.45, 7) is 7.29. The van der Waals surface area contributed by atoms with Crippen LogP contribution in [-0.2, 0) is 4.79 Å². The van der Waals surface area contributed by atoms with Gasteiger partial charge >= 0.3 is 0 Å². The van der Waals surface area contributed by atoms with E-state index in [0.29, 0.717) is 54.2 Å². The lowest BCUT2D eigenvalue weighted by molar-refractivity contribution is -0.118. The molecule has 178 valence electrons. The van der Waals surface area contributed by atoms with Crippen molar-refractivity contribution in [2.24, 2.45) is 0 Å². The van der Waals surface area contributed by atoms with E-state index >= 15 is 0 Å². The average molecular weight is 481 g/mol. The van der Waals surface area contributed by atoms with E-state index in [1.54, 1.807) is 12.1 Å². The molecule has 0 aliphatic carbocycles. The van der Waals surface area contributed by atoms with Crippen molar-refractivity contribution in [3.05, 3.63) is 70.2 Å². The molecule has 2 aromatic carbocycles. The summed E-state index contributed by atoms with van der Waals surface area (Å²) in [5.74, 6) is 1.65. The minimum Gasteiger partial charge on any atom is -0.368 e. The molecule has 1 heterocycles. The van der Waals surface area contributed by atoms with E-state index in [1.807, 2.05) is 50.2 Å². The molecule has 34 heavy (non-hydrogen) atoms. The van der Waals surface area contributed by atoms with E-state index in [1.165, 1.54) is 6.92 Å². The van der Waals surface area contributed by atoms with Crippen molar-refractivity contribution in [1.29, 1.82) is 0 Å². The highest BCUT2D eigenvalue weighted by Crippen LogP contribution is 2.26. The van der Waals surface area contributed by atoms with Crippen LogP contribution in [-0.4, -0.2) is 48.0 Å². The number of nitrogens with one attached hydrogen (secondary N) is 4. The van der Waals surface area contributed by atoms with Crippen LogP contribution in [0, 0.1) is 13.8 Å². The molecular weight excluding hydrogens is 452 g/mol. The number of aryl methyl sites for hydroxylation is 1. The van der Waals surface area contributed by atoms with Gasteiger partial charge in [-0.05, 0) is 50.2 Å². The maximum atomic E-state index is 12.3. The zero-order valence-corrected chi connectivity index (χ0v) is 20.3. The van der Waals surface area contributed by atoms with Gasteiger partial charge in [0.05, 0.1) is 0 Å². The Morgan fingerprint density at radius 1 is 0.794 bits per heavy atom. The molecule has 8 nitrogen and oxygen atoms in total. The second-order valence-electron chi connectivity index (χ2n) is 7.83. The highest BCUT2D eigenvalue weighted by atomic mass is 35.5. The van der Waals surface area contributed by atoms with Crippen LogP contribution in [0.3, 0.4) is 0 Å². The molecule has 1 aromatic heterocycles. The molecule has 0 fully saturated rings. The second-order valence-corrected chi connectivity index (χ2v) is 8.27. The van der Waals surface area contributed by atoms with Crippen LogP contribution in [0.1, 0.15) is 28.4 Å². The van der Waals surface area contributed by atoms with E-state index in [9.17, 15) is 9.59 Å². The van der Waals surface area contributed by atoms with Crippen molar-refractivity contribution in [3.63, 3.8) is 0 Å². The standard InChI is InChI=1S/C25H29ClN6O2/c1-16-4-6-20(7-5-16)25(34)30-15-14-29-23-17(2)22(28-13-12-27-18(3)33)31-24(32-23)19-8-10-21(26)11-9-19/h4-11H,12-15H2,1-3H3,(H,27,33)(H,30,34)(H2,28,29,31,32). The van der Waals surface area contributed by atoms with Crippen LogP contribution in [0.2, 0.25) is 5.02 Å². The number of carbonyl (C=O) groups excluding carboxylic acids is 2. The summed E-state index contributed by atoms with van der Waals surface area (Å²) in [7, 11) is 0. The van der Waals surface area contributed by atoms with Gasteiger partial charge in [0.15, 0.2) is 5.82 Å². The fraction of sp³-hybridized carbons (Fsp3) is 0.280. The number of amides is 2. The van der Waals surface area contributed by atoms with Gasteiger partial charge in [0.1, 0.15) is 11.6 Å². The van der Waals surface area contributed by atoms with Gasteiger partial charge in [0.25, 0.3) is 5.91 Å². The summed E-state index contributed by atoms with van der Waals surface area (Å²) >= 11 is 6.02.